The molecule has 0 radical (unpaired) electrons. The fourth-order valence-corrected chi connectivity index (χ4v) is 3.15. The molecule has 1 spiro atoms. The highest BCUT2D eigenvalue weighted by atomic mass is 16.6. The molecule has 0 amide bonds. The van der Waals surface area contributed by atoms with Crippen molar-refractivity contribution >= 4 is 5.78 Å². The van der Waals surface area contributed by atoms with E-state index in [0.29, 0.717) is 17.6 Å². The molecule has 2 nitrogen and oxygen atoms in total. The summed E-state index contributed by atoms with van der Waals surface area (Å²) < 4.78 is 5.50. The molecule has 0 aromatic rings. The Labute approximate surface area is 72.3 Å². The van der Waals surface area contributed by atoms with Crippen molar-refractivity contribution in [2.75, 3.05) is 6.61 Å². The third kappa shape index (κ3) is 1.01. The van der Waals surface area contributed by atoms with Gasteiger partial charge in [0.15, 0.2) is 0 Å². The van der Waals surface area contributed by atoms with Gasteiger partial charge in [0.2, 0.25) is 0 Å². The van der Waals surface area contributed by atoms with Gasteiger partial charge in [0, 0.05) is 12.8 Å². The SMILES string of the molecule is O=C1C[C@@H]2C[C@H](C1)CC1(CO1)C2. The van der Waals surface area contributed by atoms with Crippen molar-refractivity contribution in [1.29, 1.82) is 0 Å². The van der Waals surface area contributed by atoms with Crippen molar-refractivity contribution in [2.45, 2.75) is 37.7 Å². The highest BCUT2D eigenvalue weighted by Crippen LogP contribution is 2.50. The first-order valence-corrected chi connectivity index (χ1v) is 4.91. The Balaban J connectivity index is 1.80. The Morgan fingerprint density at radius 3 is 2.33 bits per heavy atom. The van der Waals surface area contributed by atoms with Crippen molar-refractivity contribution in [3.63, 3.8) is 0 Å². The molecule has 2 heteroatoms. The number of Topliss-reactive ketones (excluding diaryl/α,β-unsaturated/α-hetero) is 1. The molecule has 3 atom stereocenters. The first-order chi connectivity index (χ1) is 5.76. The van der Waals surface area contributed by atoms with Crippen LogP contribution in [0.1, 0.15) is 32.1 Å². The Kier molecular flexibility index (Phi) is 1.24. The van der Waals surface area contributed by atoms with Gasteiger partial charge in [0.05, 0.1) is 12.2 Å². The average molecular weight is 166 g/mol. The quantitative estimate of drug-likeness (QED) is 0.511. The summed E-state index contributed by atoms with van der Waals surface area (Å²) in [6.07, 6.45) is 5.28. The van der Waals surface area contributed by atoms with E-state index in [-0.39, 0.29) is 5.60 Å². The molecule has 3 aliphatic rings. The number of ketones is 1. The van der Waals surface area contributed by atoms with Gasteiger partial charge >= 0.3 is 0 Å². The van der Waals surface area contributed by atoms with Crippen molar-refractivity contribution in [1.82, 2.24) is 0 Å². The summed E-state index contributed by atoms with van der Waals surface area (Å²) in [4.78, 5) is 11.3. The summed E-state index contributed by atoms with van der Waals surface area (Å²) in [7, 11) is 0. The Bertz CT molecular complexity index is 212. The monoisotopic (exact) mass is 166 g/mol. The molecule has 2 aliphatic carbocycles. The highest BCUT2D eigenvalue weighted by Gasteiger charge is 2.52. The molecule has 2 bridgehead atoms. The molecule has 1 saturated heterocycles. The average Bonchev–Trinajstić information content (AvgIpc) is 2.65. The molecule has 0 aromatic carbocycles. The number of carbonyl (C=O) groups is 1. The van der Waals surface area contributed by atoms with Gasteiger partial charge in [-0.15, -0.1) is 0 Å². The second-order valence-electron chi connectivity index (χ2n) is 4.79. The zero-order valence-corrected chi connectivity index (χ0v) is 7.21. The van der Waals surface area contributed by atoms with E-state index in [9.17, 15) is 4.79 Å². The molecule has 2 saturated carbocycles. The lowest BCUT2D eigenvalue weighted by Gasteiger charge is -2.36. The normalized spacial score (nSPS) is 51.2. The molecule has 0 aromatic heterocycles. The largest absolute Gasteiger partial charge is 0.370 e. The summed E-state index contributed by atoms with van der Waals surface area (Å²) >= 11 is 0. The minimum absolute atomic E-state index is 0.258. The van der Waals surface area contributed by atoms with Crippen molar-refractivity contribution in [3.05, 3.63) is 0 Å². The first-order valence-electron chi connectivity index (χ1n) is 4.91. The molecule has 1 unspecified atom stereocenters. The number of ether oxygens (including phenoxy) is 1. The molecule has 12 heavy (non-hydrogen) atoms. The Morgan fingerprint density at radius 2 is 1.83 bits per heavy atom. The summed E-state index contributed by atoms with van der Waals surface area (Å²) in [6, 6.07) is 0. The fraction of sp³-hybridized carbons (Fsp3) is 0.900. The smallest absolute Gasteiger partial charge is 0.133 e. The number of hydrogen-bond acceptors (Lipinski definition) is 2. The van der Waals surface area contributed by atoms with Gasteiger partial charge in [-0.1, -0.05) is 0 Å². The van der Waals surface area contributed by atoms with E-state index in [0.717, 1.165) is 32.3 Å². The lowest BCUT2D eigenvalue weighted by molar-refractivity contribution is -0.124. The van der Waals surface area contributed by atoms with E-state index < -0.39 is 0 Å². The van der Waals surface area contributed by atoms with Crippen molar-refractivity contribution in [3.8, 4) is 0 Å². The minimum atomic E-state index is 0.258. The zero-order valence-electron chi connectivity index (χ0n) is 7.21. The highest BCUT2D eigenvalue weighted by molar-refractivity contribution is 5.79. The Morgan fingerprint density at radius 1 is 1.25 bits per heavy atom. The van der Waals surface area contributed by atoms with Gasteiger partial charge < -0.3 is 4.74 Å². The van der Waals surface area contributed by atoms with Gasteiger partial charge in [0.1, 0.15) is 5.78 Å². The van der Waals surface area contributed by atoms with E-state index in [4.69, 9.17) is 4.74 Å². The lowest BCUT2D eigenvalue weighted by Crippen LogP contribution is -2.35. The second kappa shape index (κ2) is 2.11. The van der Waals surface area contributed by atoms with Crippen LogP contribution < -0.4 is 0 Å². The van der Waals surface area contributed by atoms with Crippen LogP contribution in [0, 0.1) is 11.8 Å². The van der Waals surface area contributed by atoms with Crippen LogP contribution in [0.3, 0.4) is 0 Å². The van der Waals surface area contributed by atoms with Crippen LogP contribution in [0.15, 0.2) is 0 Å². The summed E-state index contributed by atoms with van der Waals surface area (Å²) in [5.74, 6) is 1.81. The number of fused-ring (bicyclic) bond motifs is 2. The van der Waals surface area contributed by atoms with Crippen LogP contribution in [0.25, 0.3) is 0 Å². The summed E-state index contributed by atoms with van der Waals surface area (Å²) in [5, 5.41) is 0. The number of rotatable bonds is 0. The van der Waals surface area contributed by atoms with Gasteiger partial charge in [-0.3, -0.25) is 4.79 Å². The van der Waals surface area contributed by atoms with Crippen LogP contribution in [0.2, 0.25) is 0 Å². The van der Waals surface area contributed by atoms with E-state index >= 15 is 0 Å². The molecular formula is C10H14O2. The maximum atomic E-state index is 11.3. The maximum Gasteiger partial charge on any atom is 0.133 e. The third-order valence-corrected chi connectivity index (χ3v) is 3.57. The van der Waals surface area contributed by atoms with Crippen molar-refractivity contribution in [2.24, 2.45) is 11.8 Å². The minimum Gasteiger partial charge on any atom is -0.370 e. The predicted molar refractivity (Wildman–Crippen MR) is 43.8 cm³/mol. The third-order valence-electron chi connectivity index (χ3n) is 3.57. The molecule has 1 heterocycles. The topological polar surface area (TPSA) is 29.6 Å². The summed E-state index contributed by atoms with van der Waals surface area (Å²) in [5.41, 5.74) is 0.258. The van der Waals surface area contributed by atoms with Crippen LogP contribution in [-0.4, -0.2) is 18.0 Å². The number of epoxide rings is 1. The molecular weight excluding hydrogens is 152 g/mol. The van der Waals surface area contributed by atoms with E-state index in [1.54, 1.807) is 0 Å². The van der Waals surface area contributed by atoms with Crippen LogP contribution in [-0.2, 0) is 9.53 Å². The summed E-state index contributed by atoms with van der Waals surface area (Å²) in [6.45, 7) is 0.966. The van der Waals surface area contributed by atoms with Gasteiger partial charge in [-0.05, 0) is 31.1 Å². The molecule has 3 fully saturated rings. The molecule has 0 N–H and O–H groups in total. The second-order valence-corrected chi connectivity index (χ2v) is 4.79. The maximum absolute atomic E-state index is 11.3. The van der Waals surface area contributed by atoms with Crippen LogP contribution >= 0.6 is 0 Å². The molecule has 3 rings (SSSR count). The molecule has 66 valence electrons. The predicted octanol–water partition coefficient (Wildman–Crippen LogP) is 1.53. The van der Waals surface area contributed by atoms with Gasteiger partial charge in [-0.25, -0.2) is 0 Å². The van der Waals surface area contributed by atoms with Crippen LogP contribution in [0.4, 0.5) is 0 Å². The first kappa shape index (κ1) is 7.07. The van der Waals surface area contributed by atoms with Crippen molar-refractivity contribution < 1.29 is 9.53 Å². The fourth-order valence-electron chi connectivity index (χ4n) is 3.15. The number of carbonyl (C=O) groups excluding carboxylic acids is 1. The molecule has 1 aliphatic heterocycles. The zero-order chi connectivity index (χ0) is 8.18. The van der Waals surface area contributed by atoms with Gasteiger partial charge in [-0.2, -0.15) is 0 Å². The Hall–Kier alpha value is -0.370. The van der Waals surface area contributed by atoms with E-state index in [2.05, 4.69) is 0 Å². The standard InChI is InChI=1S/C10H14O2/c11-9-2-7-1-8(3-9)5-10(4-7)6-12-10/h7-8H,1-6H2/t7-,8+,10?. The van der Waals surface area contributed by atoms with E-state index in [1.807, 2.05) is 0 Å². The van der Waals surface area contributed by atoms with Gasteiger partial charge in [0.25, 0.3) is 0 Å². The van der Waals surface area contributed by atoms with E-state index in [1.165, 1.54) is 6.42 Å². The lowest BCUT2D eigenvalue weighted by atomic mass is 9.67. The number of hydrogen-bond donors (Lipinski definition) is 0. The van der Waals surface area contributed by atoms with Crippen LogP contribution in [0.5, 0.6) is 0 Å².